The Morgan fingerprint density at radius 3 is 2.90 bits per heavy atom. The number of rotatable bonds is 4. The average Bonchev–Trinajstić information content (AvgIpc) is 2.81. The van der Waals surface area contributed by atoms with E-state index in [0.29, 0.717) is 24.3 Å². The number of nitrogen functional groups attached to an aromatic ring is 1. The van der Waals surface area contributed by atoms with E-state index in [-0.39, 0.29) is 11.8 Å². The van der Waals surface area contributed by atoms with Gasteiger partial charge in [-0.2, -0.15) is 4.98 Å². The number of hydrogen-bond donors (Lipinski definition) is 2. The molecule has 0 unspecified atom stereocenters. The van der Waals surface area contributed by atoms with Crippen molar-refractivity contribution in [1.29, 1.82) is 0 Å². The molecule has 4 nitrogen and oxygen atoms in total. The molecule has 0 aliphatic heterocycles. The van der Waals surface area contributed by atoms with Crippen LogP contribution in [0.5, 0.6) is 0 Å². The molecule has 2 heterocycles. The number of benzene rings is 1. The first kappa shape index (κ1) is 13.8. The maximum Gasteiger partial charge on any atom is 0.223 e. The van der Waals surface area contributed by atoms with E-state index in [9.17, 15) is 4.39 Å². The molecule has 3 N–H and O–H groups in total. The van der Waals surface area contributed by atoms with Crippen LogP contribution < -0.4 is 11.1 Å². The fourth-order valence-corrected chi connectivity index (χ4v) is 3.10. The van der Waals surface area contributed by atoms with E-state index in [1.165, 1.54) is 6.07 Å². The van der Waals surface area contributed by atoms with Gasteiger partial charge in [-0.15, -0.1) is 11.3 Å². The van der Waals surface area contributed by atoms with Gasteiger partial charge in [-0.1, -0.05) is 18.2 Å². The van der Waals surface area contributed by atoms with Gasteiger partial charge in [0, 0.05) is 11.4 Å². The van der Waals surface area contributed by atoms with Crippen molar-refractivity contribution in [2.75, 3.05) is 17.6 Å². The molecular formula is C15H15FN4S. The van der Waals surface area contributed by atoms with Gasteiger partial charge in [-0.05, 0) is 31.0 Å². The number of nitrogens with one attached hydrogen (secondary N) is 1. The van der Waals surface area contributed by atoms with E-state index in [4.69, 9.17) is 5.73 Å². The smallest absolute Gasteiger partial charge is 0.223 e. The summed E-state index contributed by atoms with van der Waals surface area (Å²) in [4.78, 5) is 10.5. The lowest BCUT2D eigenvalue weighted by atomic mass is 10.1. The molecule has 6 heteroatoms. The zero-order valence-electron chi connectivity index (χ0n) is 11.6. The Bertz CT molecular complexity index is 784. The van der Waals surface area contributed by atoms with Crippen molar-refractivity contribution in [2.45, 2.75) is 13.3 Å². The van der Waals surface area contributed by atoms with Crippen molar-refractivity contribution in [1.82, 2.24) is 9.97 Å². The van der Waals surface area contributed by atoms with Gasteiger partial charge in [-0.25, -0.2) is 9.37 Å². The van der Waals surface area contributed by atoms with E-state index in [0.717, 1.165) is 15.1 Å². The minimum atomic E-state index is -0.182. The normalized spacial score (nSPS) is 11.0. The molecule has 0 fully saturated rings. The molecule has 0 spiro atoms. The molecular weight excluding hydrogens is 287 g/mol. The Kier molecular flexibility index (Phi) is 3.70. The molecule has 108 valence electrons. The number of nitrogens with two attached hydrogens (primary N) is 1. The summed E-state index contributed by atoms with van der Waals surface area (Å²) >= 11 is 1.58. The van der Waals surface area contributed by atoms with E-state index >= 15 is 0 Å². The third-order valence-corrected chi connectivity index (χ3v) is 4.12. The summed E-state index contributed by atoms with van der Waals surface area (Å²) in [6.45, 7) is 2.60. The molecule has 0 atom stereocenters. The second-order valence-corrected chi connectivity index (χ2v) is 6.01. The molecule has 0 aliphatic carbocycles. The lowest BCUT2D eigenvalue weighted by Gasteiger charge is -2.08. The Labute approximate surface area is 125 Å². The van der Waals surface area contributed by atoms with Crippen molar-refractivity contribution in [3.8, 4) is 0 Å². The predicted molar refractivity (Wildman–Crippen MR) is 85.2 cm³/mol. The monoisotopic (exact) mass is 302 g/mol. The minimum absolute atomic E-state index is 0.182. The molecule has 21 heavy (non-hydrogen) atoms. The SMILES string of the molecule is Cc1cc2c(NCCc3ccccc3F)nc(N)nc2s1. The highest BCUT2D eigenvalue weighted by atomic mass is 32.1. The highest BCUT2D eigenvalue weighted by molar-refractivity contribution is 7.18. The first-order chi connectivity index (χ1) is 10.1. The first-order valence-electron chi connectivity index (χ1n) is 6.64. The molecule has 0 radical (unpaired) electrons. The standard InChI is InChI=1S/C15H15FN4S/c1-9-8-11-13(19-15(17)20-14(11)21-9)18-7-6-10-4-2-3-5-12(10)16/h2-5,8H,6-7H2,1H3,(H3,17,18,19,20). The van der Waals surface area contributed by atoms with Crippen LogP contribution in [-0.2, 0) is 6.42 Å². The van der Waals surface area contributed by atoms with Gasteiger partial charge < -0.3 is 11.1 Å². The summed E-state index contributed by atoms with van der Waals surface area (Å²) in [5.41, 5.74) is 6.41. The van der Waals surface area contributed by atoms with Crippen LogP contribution >= 0.6 is 11.3 Å². The number of fused-ring (bicyclic) bond motifs is 1. The Morgan fingerprint density at radius 1 is 1.29 bits per heavy atom. The van der Waals surface area contributed by atoms with Crippen LogP contribution in [0.25, 0.3) is 10.2 Å². The predicted octanol–water partition coefficient (Wildman–Crippen LogP) is 3.38. The summed E-state index contributed by atoms with van der Waals surface area (Å²) in [7, 11) is 0. The largest absolute Gasteiger partial charge is 0.369 e. The van der Waals surface area contributed by atoms with Gasteiger partial charge in [0.25, 0.3) is 0 Å². The van der Waals surface area contributed by atoms with Gasteiger partial charge in [0.1, 0.15) is 16.5 Å². The first-order valence-corrected chi connectivity index (χ1v) is 7.46. The average molecular weight is 302 g/mol. The topological polar surface area (TPSA) is 63.8 Å². The van der Waals surface area contributed by atoms with Crippen molar-refractivity contribution in [2.24, 2.45) is 0 Å². The van der Waals surface area contributed by atoms with E-state index in [1.54, 1.807) is 23.5 Å². The van der Waals surface area contributed by atoms with Crippen molar-refractivity contribution in [3.63, 3.8) is 0 Å². The Balaban J connectivity index is 1.78. The zero-order chi connectivity index (χ0) is 14.8. The summed E-state index contributed by atoms with van der Waals surface area (Å²) in [5.74, 6) is 0.772. The van der Waals surface area contributed by atoms with Crippen LogP contribution in [0.3, 0.4) is 0 Å². The lowest BCUT2D eigenvalue weighted by molar-refractivity contribution is 0.610. The number of anilines is 2. The maximum absolute atomic E-state index is 13.6. The van der Waals surface area contributed by atoms with Gasteiger partial charge in [-0.3, -0.25) is 0 Å². The third-order valence-electron chi connectivity index (χ3n) is 3.18. The maximum atomic E-state index is 13.6. The summed E-state index contributed by atoms with van der Waals surface area (Å²) in [6.07, 6.45) is 0.585. The Morgan fingerprint density at radius 2 is 2.10 bits per heavy atom. The molecule has 0 amide bonds. The molecule has 3 rings (SSSR count). The van der Waals surface area contributed by atoms with Crippen LogP contribution in [0.1, 0.15) is 10.4 Å². The number of halogens is 1. The lowest BCUT2D eigenvalue weighted by Crippen LogP contribution is -2.09. The van der Waals surface area contributed by atoms with Crippen LogP contribution in [0.4, 0.5) is 16.2 Å². The summed E-state index contributed by atoms with van der Waals surface area (Å²) in [5, 5.41) is 4.18. The highest BCUT2D eigenvalue weighted by Gasteiger charge is 2.09. The van der Waals surface area contributed by atoms with Crippen LogP contribution in [0.15, 0.2) is 30.3 Å². The summed E-state index contributed by atoms with van der Waals surface area (Å²) in [6, 6.07) is 8.82. The minimum Gasteiger partial charge on any atom is -0.369 e. The molecule has 1 aromatic carbocycles. The van der Waals surface area contributed by atoms with Crippen molar-refractivity contribution >= 4 is 33.3 Å². The Hall–Kier alpha value is -2.21. The van der Waals surface area contributed by atoms with E-state index in [2.05, 4.69) is 15.3 Å². The fourth-order valence-electron chi connectivity index (χ4n) is 2.21. The number of aryl methyl sites for hydroxylation is 1. The molecule has 0 bridgehead atoms. The van der Waals surface area contributed by atoms with Crippen molar-refractivity contribution < 1.29 is 4.39 Å². The van der Waals surface area contributed by atoms with E-state index < -0.39 is 0 Å². The van der Waals surface area contributed by atoms with Gasteiger partial charge >= 0.3 is 0 Å². The molecule has 0 saturated carbocycles. The number of thiophene rings is 1. The summed E-state index contributed by atoms with van der Waals surface area (Å²) < 4.78 is 13.6. The van der Waals surface area contributed by atoms with Crippen molar-refractivity contribution in [3.05, 3.63) is 46.6 Å². The second kappa shape index (κ2) is 5.65. The van der Waals surface area contributed by atoms with Gasteiger partial charge in [0.05, 0.1) is 5.39 Å². The molecule has 3 aromatic rings. The second-order valence-electron chi connectivity index (χ2n) is 4.77. The number of hydrogen-bond acceptors (Lipinski definition) is 5. The number of aromatic nitrogens is 2. The third kappa shape index (κ3) is 2.95. The van der Waals surface area contributed by atoms with Crippen LogP contribution in [0, 0.1) is 12.7 Å². The molecule has 2 aromatic heterocycles. The molecule has 0 saturated heterocycles. The molecule has 0 aliphatic rings. The van der Waals surface area contributed by atoms with Gasteiger partial charge in [0.15, 0.2) is 0 Å². The highest BCUT2D eigenvalue weighted by Crippen LogP contribution is 2.28. The van der Waals surface area contributed by atoms with Gasteiger partial charge in [0.2, 0.25) is 5.95 Å². The quantitative estimate of drug-likeness (QED) is 0.775. The zero-order valence-corrected chi connectivity index (χ0v) is 12.4. The van der Waals surface area contributed by atoms with Crippen LogP contribution in [0.2, 0.25) is 0 Å². The van der Waals surface area contributed by atoms with E-state index in [1.807, 2.05) is 19.1 Å². The number of nitrogens with zero attached hydrogens (tertiary/aromatic N) is 2. The van der Waals surface area contributed by atoms with Crippen LogP contribution in [-0.4, -0.2) is 16.5 Å². The fraction of sp³-hybridized carbons (Fsp3) is 0.200.